The van der Waals surface area contributed by atoms with Crippen molar-refractivity contribution < 1.29 is 0 Å². The fourth-order valence-corrected chi connectivity index (χ4v) is 2.82. The maximum atomic E-state index is 5.95. The van der Waals surface area contributed by atoms with Crippen molar-refractivity contribution >= 4 is 11.6 Å². The minimum absolute atomic E-state index is 0.590. The predicted octanol–water partition coefficient (Wildman–Crippen LogP) is 2.65. The normalized spacial score (nSPS) is 22.9. The lowest BCUT2D eigenvalue weighted by atomic mass is 10.1. The van der Waals surface area contributed by atoms with Gasteiger partial charge in [0.15, 0.2) is 0 Å². The topological polar surface area (TPSA) is 19.4 Å². The minimum atomic E-state index is 0.590. The van der Waals surface area contributed by atoms with Crippen molar-refractivity contribution in [1.82, 2.24) is 14.8 Å². The number of nitrogens with zero attached hydrogens (tertiary/aromatic N) is 3. The molecule has 1 aromatic rings. The van der Waals surface area contributed by atoms with Gasteiger partial charge in [-0.2, -0.15) is 0 Å². The van der Waals surface area contributed by atoms with Crippen LogP contribution in [0.5, 0.6) is 0 Å². The number of likely N-dealkylation sites (N-methyl/N-ethyl adjacent to an activating group) is 1. The molecule has 18 heavy (non-hydrogen) atoms. The van der Waals surface area contributed by atoms with Crippen LogP contribution >= 0.6 is 11.6 Å². The first-order valence-corrected chi connectivity index (χ1v) is 7.11. The van der Waals surface area contributed by atoms with E-state index < -0.39 is 0 Å². The molecule has 2 heterocycles. The summed E-state index contributed by atoms with van der Waals surface area (Å²) >= 11 is 5.95. The molecule has 0 bridgehead atoms. The molecule has 1 saturated heterocycles. The van der Waals surface area contributed by atoms with Crippen LogP contribution in [0.2, 0.25) is 5.15 Å². The first-order chi connectivity index (χ1) is 8.69. The summed E-state index contributed by atoms with van der Waals surface area (Å²) in [4.78, 5) is 9.37. The summed E-state index contributed by atoms with van der Waals surface area (Å²) in [6.07, 6.45) is 2.42. The lowest BCUT2D eigenvalue weighted by Gasteiger charge is -2.29. The lowest BCUT2D eigenvalue weighted by molar-refractivity contribution is 0.174. The van der Waals surface area contributed by atoms with Crippen molar-refractivity contribution in [2.24, 2.45) is 0 Å². The van der Waals surface area contributed by atoms with Gasteiger partial charge in [-0.3, -0.25) is 4.90 Å². The molecule has 0 N–H and O–H groups in total. The van der Waals surface area contributed by atoms with Crippen LogP contribution in [-0.2, 0) is 6.54 Å². The monoisotopic (exact) mass is 267 g/mol. The molecule has 1 fully saturated rings. The zero-order chi connectivity index (χ0) is 13.0. The van der Waals surface area contributed by atoms with Gasteiger partial charge in [-0.1, -0.05) is 24.6 Å². The van der Waals surface area contributed by atoms with Crippen molar-refractivity contribution in [1.29, 1.82) is 0 Å². The van der Waals surface area contributed by atoms with Crippen LogP contribution in [0, 0.1) is 0 Å². The molecule has 1 unspecified atom stereocenters. The zero-order valence-electron chi connectivity index (χ0n) is 11.3. The summed E-state index contributed by atoms with van der Waals surface area (Å²) in [7, 11) is 2.21. The van der Waals surface area contributed by atoms with Gasteiger partial charge in [-0.15, -0.1) is 0 Å². The second kappa shape index (κ2) is 6.50. The molecule has 0 spiro atoms. The van der Waals surface area contributed by atoms with Crippen LogP contribution in [0.1, 0.15) is 25.5 Å². The molecular weight excluding hydrogens is 246 g/mol. The van der Waals surface area contributed by atoms with Gasteiger partial charge in [0.25, 0.3) is 0 Å². The second-order valence-corrected chi connectivity index (χ2v) is 5.49. The average Bonchev–Trinajstić information content (AvgIpc) is 2.51. The molecule has 100 valence electrons. The number of halogens is 1. The van der Waals surface area contributed by atoms with Crippen LogP contribution in [0.15, 0.2) is 18.2 Å². The highest BCUT2D eigenvalue weighted by Gasteiger charge is 2.22. The molecule has 4 heteroatoms. The number of hydrogen-bond acceptors (Lipinski definition) is 3. The number of rotatable bonds is 3. The molecule has 1 aliphatic rings. The molecule has 1 aliphatic heterocycles. The summed E-state index contributed by atoms with van der Waals surface area (Å²) in [5.74, 6) is 0. The number of aromatic nitrogens is 1. The SMILES string of the molecule is CCC1CN(C)CCCN1Cc1cccc(Cl)n1. The quantitative estimate of drug-likeness (QED) is 0.785. The summed E-state index contributed by atoms with van der Waals surface area (Å²) in [6.45, 7) is 6.67. The van der Waals surface area contributed by atoms with E-state index in [9.17, 15) is 0 Å². The standard InChI is InChI=1S/C14H22ClN3/c1-3-13-11-17(2)8-5-9-18(13)10-12-6-4-7-14(15)16-12/h4,6-7,13H,3,5,8-11H2,1-2H3. The van der Waals surface area contributed by atoms with Crippen molar-refractivity contribution in [2.45, 2.75) is 32.4 Å². The van der Waals surface area contributed by atoms with Gasteiger partial charge < -0.3 is 4.90 Å². The third kappa shape index (κ3) is 3.67. The number of hydrogen-bond donors (Lipinski definition) is 0. The Balaban J connectivity index is 2.06. The van der Waals surface area contributed by atoms with Gasteiger partial charge in [-0.25, -0.2) is 4.98 Å². The van der Waals surface area contributed by atoms with Crippen molar-refractivity contribution in [2.75, 3.05) is 26.7 Å². The zero-order valence-corrected chi connectivity index (χ0v) is 12.0. The van der Waals surface area contributed by atoms with E-state index in [2.05, 4.69) is 34.8 Å². The van der Waals surface area contributed by atoms with E-state index >= 15 is 0 Å². The maximum absolute atomic E-state index is 5.95. The van der Waals surface area contributed by atoms with E-state index in [4.69, 9.17) is 11.6 Å². The molecule has 0 amide bonds. The van der Waals surface area contributed by atoms with Gasteiger partial charge in [0.1, 0.15) is 5.15 Å². The maximum Gasteiger partial charge on any atom is 0.129 e. The van der Waals surface area contributed by atoms with E-state index in [1.54, 1.807) is 0 Å². The molecule has 0 radical (unpaired) electrons. The molecule has 3 nitrogen and oxygen atoms in total. The lowest BCUT2D eigenvalue weighted by Crippen LogP contribution is -2.39. The molecule has 0 aliphatic carbocycles. The molecule has 0 aromatic carbocycles. The summed E-state index contributed by atoms with van der Waals surface area (Å²) < 4.78 is 0. The van der Waals surface area contributed by atoms with Crippen LogP contribution in [-0.4, -0.2) is 47.5 Å². The first kappa shape index (κ1) is 13.8. The third-order valence-electron chi connectivity index (χ3n) is 3.63. The first-order valence-electron chi connectivity index (χ1n) is 6.73. The Hall–Kier alpha value is -0.640. The highest BCUT2D eigenvalue weighted by Crippen LogP contribution is 2.15. The van der Waals surface area contributed by atoms with Gasteiger partial charge in [0, 0.05) is 25.7 Å². The third-order valence-corrected chi connectivity index (χ3v) is 3.84. The van der Waals surface area contributed by atoms with E-state index in [1.807, 2.05) is 12.1 Å². The van der Waals surface area contributed by atoms with Crippen molar-refractivity contribution in [3.63, 3.8) is 0 Å². The van der Waals surface area contributed by atoms with Crippen molar-refractivity contribution in [3.05, 3.63) is 29.0 Å². The van der Waals surface area contributed by atoms with Crippen LogP contribution in [0.3, 0.4) is 0 Å². The van der Waals surface area contributed by atoms with Crippen LogP contribution in [0.25, 0.3) is 0 Å². The second-order valence-electron chi connectivity index (χ2n) is 5.10. The average molecular weight is 268 g/mol. The van der Waals surface area contributed by atoms with E-state index in [0.29, 0.717) is 11.2 Å². The van der Waals surface area contributed by atoms with Crippen LogP contribution in [0.4, 0.5) is 0 Å². The minimum Gasteiger partial charge on any atom is -0.305 e. The van der Waals surface area contributed by atoms with Crippen LogP contribution < -0.4 is 0 Å². The Morgan fingerprint density at radius 1 is 1.39 bits per heavy atom. The Bertz CT molecular complexity index is 383. The highest BCUT2D eigenvalue weighted by molar-refractivity contribution is 6.29. The predicted molar refractivity (Wildman–Crippen MR) is 75.9 cm³/mol. The molecule has 2 rings (SSSR count). The fourth-order valence-electron chi connectivity index (χ4n) is 2.63. The summed E-state index contributed by atoms with van der Waals surface area (Å²) in [5.41, 5.74) is 1.07. The Labute approximate surface area is 115 Å². The van der Waals surface area contributed by atoms with Gasteiger partial charge >= 0.3 is 0 Å². The molecule has 1 atom stereocenters. The Morgan fingerprint density at radius 2 is 2.22 bits per heavy atom. The van der Waals surface area contributed by atoms with Gasteiger partial charge in [-0.05, 0) is 38.6 Å². The van der Waals surface area contributed by atoms with E-state index in [-0.39, 0.29) is 0 Å². The Kier molecular flexibility index (Phi) is 4.98. The number of pyridine rings is 1. The molecule has 1 aromatic heterocycles. The van der Waals surface area contributed by atoms with Crippen molar-refractivity contribution in [3.8, 4) is 0 Å². The van der Waals surface area contributed by atoms with E-state index in [0.717, 1.165) is 25.3 Å². The van der Waals surface area contributed by atoms with E-state index in [1.165, 1.54) is 19.4 Å². The smallest absolute Gasteiger partial charge is 0.129 e. The summed E-state index contributed by atoms with van der Waals surface area (Å²) in [5, 5.41) is 0.590. The van der Waals surface area contributed by atoms with Gasteiger partial charge in [0.05, 0.1) is 5.69 Å². The Morgan fingerprint density at radius 3 is 2.94 bits per heavy atom. The largest absolute Gasteiger partial charge is 0.305 e. The summed E-state index contributed by atoms with van der Waals surface area (Å²) in [6, 6.07) is 6.50. The highest BCUT2D eigenvalue weighted by atomic mass is 35.5. The van der Waals surface area contributed by atoms with Gasteiger partial charge in [0.2, 0.25) is 0 Å². The molecule has 0 saturated carbocycles. The molecular formula is C14H22ClN3. The fraction of sp³-hybridized carbons (Fsp3) is 0.643.